The fraction of sp³-hybridized carbons (Fsp3) is 0.368. The van der Waals surface area contributed by atoms with Gasteiger partial charge < -0.3 is 9.47 Å². The summed E-state index contributed by atoms with van der Waals surface area (Å²) in [5.41, 5.74) is 0.946. The van der Waals surface area contributed by atoms with Crippen LogP contribution < -0.4 is 9.47 Å². The van der Waals surface area contributed by atoms with E-state index >= 15 is 0 Å². The van der Waals surface area contributed by atoms with Crippen LogP contribution in [-0.2, 0) is 16.6 Å². The van der Waals surface area contributed by atoms with Crippen molar-refractivity contribution in [2.75, 3.05) is 13.7 Å². The zero-order valence-electron chi connectivity index (χ0n) is 14.5. The SMILES string of the molecule is CCOc1ccc(S(=O)(=O)N(Cc2ccc(OC)cc2)C2CC2)cc1. The van der Waals surface area contributed by atoms with Crippen LogP contribution in [0.3, 0.4) is 0 Å². The Morgan fingerprint density at radius 2 is 1.60 bits per heavy atom. The average Bonchev–Trinajstić information content (AvgIpc) is 3.45. The lowest BCUT2D eigenvalue weighted by Crippen LogP contribution is -2.32. The van der Waals surface area contributed by atoms with Gasteiger partial charge in [-0.15, -0.1) is 0 Å². The van der Waals surface area contributed by atoms with Crippen molar-refractivity contribution in [2.24, 2.45) is 0 Å². The number of methoxy groups -OCH3 is 1. The molecular formula is C19H23NO4S. The number of hydrogen-bond donors (Lipinski definition) is 0. The van der Waals surface area contributed by atoms with Crippen LogP contribution in [0, 0.1) is 0 Å². The predicted molar refractivity (Wildman–Crippen MR) is 96.4 cm³/mol. The van der Waals surface area contributed by atoms with E-state index in [4.69, 9.17) is 9.47 Å². The first-order valence-electron chi connectivity index (χ1n) is 8.42. The maximum atomic E-state index is 13.1. The van der Waals surface area contributed by atoms with Gasteiger partial charge in [0.25, 0.3) is 0 Å². The minimum Gasteiger partial charge on any atom is -0.497 e. The maximum absolute atomic E-state index is 13.1. The molecule has 0 radical (unpaired) electrons. The molecule has 5 nitrogen and oxygen atoms in total. The largest absolute Gasteiger partial charge is 0.497 e. The van der Waals surface area contributed by atoms with E-state index in [1.54, 1.807) is 35.7 Å². The number of nitrogens with zero attached hydrogens (tertiary/aromatic N) is 1. The zero-order valence-corrected chi connectivity index (χ0v) is 15.3. The Hall–Kier alpha value is -2.05. The molecule has 2 aromatic rings. The third-order valence-electron chi connectivity index (χ3n) is 4.19. The maximum Gasteiger partial charge on any atom is 0.243 e. The molecule has 0 bridgehead atoms. The van der Waals surface area contributed by atoms with Crippen molar-refractivity contribution in [3.8, 4) is 11.5 Å². The van der Waals surface area contributed by atoms with Crippen LogP contribution in [0.4, 0.5) is 0 Å². The molecule has 0 saturated heterocycles. The number of rotatable bonds is 8. The number of sulfonamides is 1. The molecule has 1 aliphatic carbocycles. The Labute approximate surface area is 149 Å². The molecule has 0 spiro atoms. The molecule has 1 aliphatic rings. The summed E-state index contributed by atoms with van der Waals surface area (Å²) in [6.45, 7) is 2.82. The standard InChI is InChI=1S/C19H23NO4S/c1-3-24-18-10-12-19(13-11-18)25(21,22)20(16-6-7-16)14-15-4-8-17(23-2)9-5-15/h4-5,8-13,16H,3,6-7,14H2,1-2H3. The molecule has 0 amide bonds. The highest BCUT2D eigenvalue weighted by molar-refractivity contribution is 7.89. The molecule has 0 atom stereocenters. The van der Waals surface area contributed by atoms with Gasteiger partial charge in [-0.3, -0.25) is 0 Å². The van der Waals surface area contributed by atoms with Gasteiger partial charge in [-0.25, -0.2) is 8.42 Å². The van der Waals surface area contributed by atoms with E-state index in [1.807, 2.05) is 31.2 Å². The normalized spacial score (nSPS) is 14.5. The lowest BCUT2D eigenvalue weighted by molar-refractivity contribution is 0.340. The fourth-order valence-electron chi connectivity index (χ4n) is 2.69. The first kappa shape index (κ1) is 17.8. The molecule has 6 heteroatoms. The van der Waals surface area contributed by atoms with Gasteiger partial charge in [0.2, 0.25) is 10.0 Å². The van der Waals surface area contributed by atoms with Crippen LogP contribution in [0.15, 0.2) is 53.4 Å². The minimum atomic E-state index is -3.54. The molecular weight excluding hydrogens is 338 g/mol. The van der Waals surface area contributed by atoms with E-state index in [-0.39, 0.29) is 6.04 Å². The molecule has 25 heavy (non-hydrogen) atoms. The van der Waals surface area contributed by atoms with Gasteiger partial charge in [0.1, 0.15) is 11.5 Å². The Morgan fingerprint density at radius 1 is 1.00 bits per heavy atom. The first-order valence-corrected chi connectivity index (χ1v) is 9.86. The van der Waals surface area contributed by atoms with Crippen LogP contribution in [0.1, 0.15) is 25.3 Å². The highest BCUT2D eigenvalue weighted by Gasteiger charge is 2.38. The minimum absolute atomic E-state index is 0.0821. The van der Waals surface area contributed by atoms with Crippen LogP contribution >= 0.6 is 0 Å². The van der Waals surface area contributed by atoms with Crippen molar-refractivity contribution in [1.29, 1.82) is 0 Å². The van der Waals surface area contributed by atoms with E-state index < -0.39 is 10.0 Å². The predicted octanol–water partition coefficient (Wildman–Crippen LogP) is 3.45. The lowest BCUT2D eigenvalue weighted by Gasteiger charge is -2.22. The lowest BCUT2D eigenvalue weighted by atomic mass is 10.2. The Morgan fingerprint density at radius 3 is 2.12 bits per heavy atom. The monoisotopic (exact) mass is 361 g/mol. The van der Waals surface area contributed by atoms with Gasteiger partial charge in [0, 0.05) is 12.6 Å². The van der Waals surface area contributed by atoms with Gasteiger partial charge >= 0.3 is 0 Å². The van der Waals surface area contributed by atoms with E-state index in [2.05, 4.69) is 0 Å². The zero-order chi connectivity index (χ0) is 17.9. The van der Waals surface area contributed by atoms with Crippen LogP contribution in [0.2, 0.25) is 0 Å². The Balaban J connectivity index is 1.83. The highest BCUT2D eigenvalue weighted by Crippen LogP contribution is 2.34. The summed E-state index contributed by atoms with van der Waals surface area (Å²) in [5.74, 6) is 1.44. The summed E-state index contributed by atoms with van der Waals surface area (Å²) in [4.78, 5) is 0.302. The molecule has 1 fully saturated rings. The second-order valence-electron chi connectivity index (χ2n) is 6.03. The van der Waals surface area contributed by atoms with Crippen LogP contribution in [0.5, 0.6) is 11.5 Å². The van der Waals surface area contributed by atoms with E-state index in [9.17, 15) is 8.42 Å². The Kier molecular flexibility index (Phi) is 5.30. The number of benzene rings is 2. The molecule has 0 heterocycles. The van der Waals surface area contributed by atoms with Crippen molar-refractivity contribution in [1.82, 2.24) is 4.31 Å². The molecule has 2 aromatic carbocycles. The summed E-state index contributed by atoms with van der Waals surface area (Å²) in [6.07, 6.45) is 1.82. The van der Waals surface area contributed by atoms with Crippen molar-refractivity contribution >= 4 is 10.0 Å². The summed E-state index contributed by atoms with van der Waals surface area (Å²) in [5, 5.41) is 0. The van der Waals surface area contributed by atoms with Crippen molar-refractivity contribution < 1.29 is 17.9 Å². The molecule has 1 saturated carbocycles. The molecule has 0 aromatic heterocycles. The van der Waals surface area contributed by atoms with Crippen molar-refractivity contribution in [3.05, 3.63) is 54.1 Å². The van der Waals surface area contributed by atoms with E-state index in [1.165, 1.54) is 0 Å². The quantitative estimate of drug-likeness (QED) is 0.723. The van der Waals surface area contributed by atoms with Crippen LogP contribution in [0.25, 0.3) is 0 Å². The molecule has 0 aliphatic heterocycles. The summed E-state index contributed by atoms with van der Waals surface area (Å²) >= 11 is 0. The number of hydrogen-bond acceptors (Lipinski definition) is 4. The topological polar surface area (TPSA) is 55.8 Å². The fourth-order valence-corrected chi connectivity index (χ4v) is 4.37. The number of ether oxygens (including phenoxy) is 2. The summed E-state index contributed by atoms with van der Waals surface area (Å²) < 4.78 is 38.3. The second-order valence-corrected chi connectivity index (χ2v) is 7.92. The van der Waals surface area contributed by atoms with Crippen LogP contribution in [-0.4, -0.2) is 32.5 Å². The van der Waals surface area contributed by atoms with E-state index in [0.29, 0.717) is 23.8 Å². The summed E-state index contributed by atoms with van der Waals surface area (Å²) in [7, 11) is -1.92. The second kappa shape index (κ2) is 7.45. The van der Waals surface area contributed by atoms with Gasteiger partial charge in [-0.05, 0) is 61.7 Å². The summed E-state index contributed by atoms with van der Waals surface area (Å²) in [6, 6.07) is 14.2. The molecule has 0 unspecified atom stereocenters. The smallest absolute Gasteiger partial charge is 0.243 e. The first-order chi connectivity index (χ1) is 12.0. The van der Waals surface area contributed by atoms with Gasteiger partial charge in [-0.1, -0.05) is 12.1 Å². The molecule has 3 rings (SSSR count). The van der Waals surface area contributed by atoms with Gasteiger partial charge in [0.05, 0.1) is 18.6 Å². The average molecular weight is 361 g/mol. The Bertz CT molecular complexity index is 796. The van der Waals surface area contributed by atoms with Crippen molar-refractivity contribution in [2.45, 2.75) is 37.2 Å². The molecule has 134 valence electrons. The third-order valence-corrected chi connectivity index (χ3v) is 6.11. The molecule has 0 N–H and O–H groups in total. The van der Waals surface area contributed by atoms with Gasteiger partial charge in [-0.2, -0.15) is 4.31 Å². The highest BCUT2D eigenvalue weighted by atomic mass is 32.2. The van der Waals surface area contributed by atoms with E-state index in [0.717, 1.165) is 24.2 Å². The van der Waals surface area contributed by atoms with Crippen molar-refractivity contribution in [3.63, 3.8) is 0 Å². The third kappa shape index (κ3) is 4.14. The van der Waals surface area contributed by atoms with Gasteiger partial charge in [0.15, 0.2) is 0 Å².